The number of hydrogen-bond donors (Lipinski definition) is 4. The Morgan fingerprint density at radius 3 is 1.86 bits per heavy atom. The van der Waals surface area contributed by atoms with Crippen LogP contribution in [0.2, 0.25) is 0 Å². The molecule has 5 atom stereocenters. The summed E-state index contributed by atoms with van der Waals surface area (Å²) in [5.74, 6) is -5.08. The van der Waals surface area contributed by atoms with Gasteiger partial charge < -0.3 is 30.3 Å². The molecule has 74 heavy (non-hydrogen) atoms. The molecule has 0 spiro atoms. The van der Waals surface area contributed by atoms with E-state index in [0.717, 1.165) is 83.7 Å². The van der Waals surface area contributed by atoms with Gasteiger partial charge in [0.15, 0.2) is 23.3 Å². The molecule has 1 unspecified atom stereocenters. The van der Waals surface area contributed by atoms with Gasteiger partial charge in [0.05, 0.1) is 59.2 Å². The summed E-state index contributed by atoms with van der Waals surface area (Å²) in [7, 11) is 1.87. The number of aromatic nitrogens is 8. The highest BCUT2D eigenvalue weighted by Crippen LogP contribution is 2.53. The summed E-state index contributed by atoms with van der Waals surface area (Å²) >= 11 is 0. The summed E-state index contributed by atoms with van der Waals surface area (Å²) in [4.78, 5) is 77.9. The molecular weight excluding hydrogens is 967 g/mol. The minimum Gasteiger partial charge on any atom is -0.366 e. The van der Waals surface area contributed by atoms with E-state index in [1.54, 1.807) is 35.1 Å². The van der Waals surface area contributed by atoms with E-state index < -0.39 is 57.6 Å². The fourth-order valence-electron chi connectivity index (χ4n) is 10.6. The average Bonchev–Trinajstić information content (AvgIpc) is 3.96. The van der Waals surface area contributed by atoms with Crippen LogP contribution in [0.15, 0.2) is 101 Å². The van der Waals surface area contributed by atoms with Gasteiger partial charge >= 0.3 is 0 Å². The summed E-state index contributed by atoms with van der Waals surface area (Å²) in [5, 5.41) is 25.5. The number of halogens is 4. The van der Waals surface area contributed by atoms with Crippen LogP contribution in [0.3, 0.4) is 0 Å². The molecule has 4 aromatic carbocycles. The summed E-state index contributed by atoms with van der Waals surface area (Å²) in [6, 6.07) is 18.5. The molecule has 0 aliphatic carbocycles. The third kappa shape index (κ3) is 7.80. The monoisotopic (exact) mass is 1010 g/mol. The van der Waals surface area contributed by atoms with E-state index in [9.17, 15) is 41.5 Å². The smallest absolute Gasteiger partial charge is 0.276 e. The molecule has 0 radical (unpaired) electrons. The van der Waals surface area contributed by atoms with Crippen molar-refractivity contribution in [1.82, 2.24) is 54.4 Å². The van der Waals surface area contributed by atoms with E-state index in [1.165, 1.54) is 12.1 Å². The molecule has 8 heterocycles. The van der Waals surface area contributed by atoms with Gasteiger partial charge in [0.2, 0.25) is 5.91 Å². The number of carbonyl (C=O) groups excluding carboxylic acids is 3. The first-order valence-electron chi connectivity index (χ1n) is 23.7. The summed E-state index contributed by atoms with van der Waals surface area (Å²) in [5.41, 5.74) is 0.701. The van der Waals surface area contributed by atoms with Crippen LogP contribution in [0, 0.1) is 30.2 Å². The third-order valence-electron chi connectivity index (χ3n) is 14.3. The Bertz CT molecular complexity index is 3760. The third-order valence-corrected chi connectivity index (χ3v) is 14.3. The number of rotatable bonds is 13. The topological polar surface area (TPSA) is 214 Å². The zero-order valence-electron chi connectivity index (χ0n) is 39.4. The molecule has 0 saturated carbocycles. The first kappa shape index (κ1) is 46.3. The fourth-order valence-corrected chi connectivity index (χ4v) is 10.6. The molecule has 20 nitrogen and oxygen atoms in total. The van der Waals surface area contributed by atoms with Crippen LogP contribution in [0.5, 0.6) is 0 Å². The predicted molar refractivity (Wildman–Crippen MR) is 263 cm³/mol. The SMILES string of the molecule is Cc1nc2c(N3CC[C@@H](NC(=O)CNCn4ncc5c(N6C[C@@H]7[C@H]8C6C[N@]78)c(NC(=O)c6ccc(=O)n(-c7c(F)cccc7F)n6)ccc54)C3)c(NC(=O)c3ccc(=O)n(-c4c(F)cccc4F)n3)ccc2n1C. The molecule has 0 bridgehead atoms. The van der Waals surface area contributed by atoms with Gasteiger partial charge in [0.1, 0.15) is 34.1 Å². The van der Waals surface area contributed by atoms with Crippen LogP contribution in [0.4, 0.5) is 40.3 Å². The van der Waals surface area contributed by atoms with E-state index in [0.29, 0.717) is 69.4 Å². The molecular formula is C50H43F4N15O5. The maximum absolute atomic E-state index is 14.7. The van der Waals surface area contributed by atoms with Gasteiger partial charge in [-0.25, -0.2) is 22.5 Å². The molecule has 376 valence electrons. The van der Waals surface area contributed by atoms with Crippen molar-refractivity contribution in [1.29, 1.82) is 0 Å². The number of hydrogen-bond acceptors (Lipinski definition) is 13. The molecule has 4 fully saturated rings. The second-order valence-electron chi connectivity index (χ2n) is 18.6. The number of amides is 3. The minimum atomic E-state index is -1.03. The molecule has 4 aromatic heterocycles. The van der Waals surface area contributed by atoms with E-state index in [-0.39, 0.29) is 42.6 Å². The lowest BCUT2D eigenvalue weighted by molar-refractivity contribution is -0.120. The number of para-hydroxylation sites is 2. The van der Waals surface area contributed by atoms with Crippen molar-refractivity contribution < 1.29 is 31.9 Å². The van der Waals surface area contributed by atoms with Gasteiger partial charge in [-0.05, 0) is 74.0 Å². The Hall–Kier alpha value is -8.77. The molecule has 24 heteroatoms. The Kier molecular flexibility index (Phi) is 11.1. The van der Waals surface area contributed by atoms with Gasteiger partial charge in [0, 0.05) is 68.9 Å². The molecule has 4 aliphatic heterocycles. The second-order valence-corrected chi connectivity index (χ2v) is 18.6. The summed E-state index contributed by atoms with van der Waals surface area (Å²) < 4.78 is 63.4. The lowest BCUT2D eigenvalue weighted by Crippen LogP contribution is -2.52. The minimum absolute atomic E-state index is 0.0551. The standard InChI is InChI=1S/C50H43F4N15O5/c1-25-57-43-37(63(25)2)14-10-33(60-50(74)35-12-16-42(72)69(62-35)46-30(53)7-4-8-31(46)54)47(43)64-18-17-26(21-64)58-40(70)20-55-24-67-36-13-9-32(44(27(36)19-56-67)65-22-39-48-38(65)23-66(39)48)59-49(73)34-11-15-41(71)68(61-34)45-28(51)5-3-6-29(45)52/h3-16,19,26,38-39,48,55H,17-18,20-24H2,1-2H3,(H,58,70)(H,59,73)(H,60,74)/t26-,38?,39-,48-,66-/m1/s1. The number of piperazine rings is 2. The van der Waals surface area contributed by atoms with Crippen molar-refractivity contribution in [2.75, 3.05) is 53.2 Å². The van der Waals surface area contributed by atoms with Gasteiger partial charge in [-0.15, -0.1) is 0 Å². The van der Waals surface area contributed by atoms with Crippen molar-refractivity contribution in [3.8, 4) is 11.4 Å². The number of carbonyl (C=O) groups is 3. The summed E-state index contributed by atoms with van der Waals surface area (Å²) in [6.07, 6.45) is 2.27. The van der Waals surface area contributed by atoms with Gasteiger partial charge in [-0.3, -0.25) is 38.9 Å². The van der Waals surface area contributed by atoms with Crippen LogP contribution >= 0.6 is 0 Å². The van der Waals surface area contributed by atoms with Crippen molar-refractivity contribution in [3.05, 3.63) is 152 Å². The number of benzene rings is 4. The maximum atomic E-state index is 14.7. The van der Waals surface area contributed by atoms with Crippen molar-refractivity contribution in [2.45, 2.75) is 44.2 Å². The lowest BCUT2D eigenvalue weighted by Gasteiger charge is -2.40. The molecule has 12 rings (SSSR count). The largest absolute Gasteiger partial charge is 0.366 e. The lowest BCUT2D eigenvalue weighted by atomic mass is 10.1. The van der Waals surface area contributed by atoms with Crippen LogP contribution in [0.25, 0.3) is 33.3 Å². The highest BCUT2D eigenvalue weighted by atomic mass is 19.1. The van der Waals surface area contributed by atoms with E-state index >= 15 is 0 Å². The number of nitrogens with one attached hydrogen (secondary N) is 4. The number of fused-ring (bicyclic) bond motifs is 3. The quantitative estimate of drug-likeness (QED) is 0.0962. The Morgan fingerprint density at radius 1 is 0.689 bits per heavy atom. The molecule has 8 aromatic rings. The highest BCUT2D eigenvalue weighted by Gasteiger charge is 2.68. The molecule has 4 N–H and O–H groups in total. The number of imidazole rings is 1. The van der Waals surface area contributed by atoms with Crippen molar-refractivity contribution in [3.63, 3.8) is 0 Å². The Balaban J connectivity index is 0.731. The first-order chi connectivity index (χ1) is 35.7. The van der Waals surface area contributed by atoms with E-state index in [4.69, 9.17) is 4.98 Å². The van der Waals surface area contributed by atoms with Crippen LogP contribution in [-0.4, -0.2) is 118 Å². The van der Waals surface area contributed by atoms with Crippen LogP contribution in [0.1, 0.15) is 33.2 Å². The van der Waals surface area contributed by atoms with Gasteiger partial charge in [0.25, 0.3) is 22.9 Å². The molecule has 4 aliphatic rings. The van der Waals surface area contributed by atoms with Crippen LogP contribution in [-0.2, 0) is 18.5 Å². The fraction of sp³-hybridized carbons (Fsp3) is 0.260. The molecule has 3 amide bonds. The zero-order chi connectivity index (χ0) is 51.3. The predicted octanol–water partition coefficient (Wildman–Crippen LogP) is 3.58. The average molecular weight is 1010 g/mol. The normalized spacial score (nSPS) is 19.5. The second kappa shape index (κ2) is 17.8. The molecule has 4 saturated heterocycles. The van der Waals surface area contributed by atoms with Crippen molar-refractivity contribution in [2.24, 2.45) is 7.05 Å². The zero-order valence-corrected chi connectivity index (χ0v) is 39.4. The number of nitrogens with zero attached hydrogens (tertiary/aromatic N) is 11. The van der Waals surface area contributed by atoms with E-state index in [2.05, 4.69) is 46.4 Å². The highest BCUT2D eigenvalue weighted by molar-refractivity contribution is 6.10. The Labute approximate surface area is 415 Å². The van der Waals surface area contributed by atoms with E-state index in [1.807, 2.05) is 23.4 Å². The van der Waals surface area contributed by atoms with Crippen LogP contribution < -0.4 is 42.2 Å². The summed E-state index contributed by atoms with van der Waals surface area (Å²) in [6.45, 7) is 4.42. The number of anilines is 4. The maximum Gasteiger partial charge on any atom is 0.276 e. The Morgan fingerprint density at radius 2 is 1.28 bits per heavy atom. The number of aryl methyl sites for hydroxylation is 2. The first-order valence-corrected chi connectivity index (χ1v) is 23.7. The van der Waals surface area contributed by atoms with Crippen molar-refractivity contribution >= 4 is 62.4 Å². The van der Waals surface area contributed by atoms with Gasteiger partial charge in [-0.1, -0.05) is 12.1 Å². The van der Waals surface area contributed by atoms with Gasteiger partial charge in [-0.2, -0.15) is 24.7 Å².